The normalized spacial score (nSPS) is 10.8. The molecule has 0 aliphatic heterocycles. The number of H-pyrrole nitrogens is 1. The van der Waals surface area contributed by atoms with Crippen LogP contribution in [0.2, 0.25) is 0 Å². The highest BCUT2D eigenvalue weighted by Gasteiger charge is 1.97. The van der Waals surface area contributed by atoms with E-state index >= 15 is 0 Å². The maximum Gasteiger partial charge on any atom is 0.328 e. The number of aryl methyl sites for hydroxylation is 2. The van der Waals surface area contributed by atoms with Gasteiger partial charge >= 0.3 is 5.97 Å². The average molecular weight is 165 g/mol. The van der Waals surface area contributed by atoms with E-state index < -0.39 is 5.97 Å². The van der Waals surface area contributed by atoms with Crippen LogP contribution >= 0.6 is 0 Å². The van der Waals surface area contributed by atoms with Crippen molar-refractivity contribution in [3.8, 4) is 0 Å². The summed E-state index contributed by atoms with van der Waals surface area (Å²) in [6.07, 6.45) is 2.68. The van der Waals surface area contributed by atoms with Crippen molar-refractivity contribution in [2.24, 2.45) is 0 Å². The van der Waals surface area contributed by atoms with E-state index in [9.17, 15) is 4.79 Å². The Morgan fingerprint density at radius 1 is 1.58 bits per heavy atom. The first-order valence-corrected chi connectivity index (χ1v) is 3.67. The Balaban J connectivity index is 2.89. The van der Waals surface area contributed by atoms with Crippen molar-refractivity contribution in [2.75, 3.05) is 0 Å². The van der Waals surface area contributed by atoms with Crippen molar-refractivity contribution in [1.29, 1.82) is 0 Å². The Kier molecular flexibility index (Phi) is 2.33. The Bertz CT molecular complexity index is 323. The summed E-state index contributed by atoms with van der Waals surface area (Å²) in [4.78, 5) is 13.2. The molecule has 0 saturated carbocycles. The molecule has 0 unspecified atom stereocenters. The van der Waals surface area contributed by atoms with Crippen LogP contribution < -0.4 is 0 Å². The lowest BCUT2D eigenvalue weighted by molar-refractivity contribution is -0.131. The van der Waals surface area contributed by atoms with Crippen LogP contribution in [0.15, 0.2) is 12.1 Å². The monoisotopic (exact) mass is 165 g/mol. The molecule has 12 heavy (non-hydrogen) atoms. The Morgan fingerprint density at radius 3 is 2.67 bits per heavy atom. The van der Waals surface area contributed by atoms with Crippen molar-refractivity contribution in [2.45, 2.75) is 13.8 Å². The Labute approximate surface area is 70.7 Å². The summed E-state index contributed by atoms with van der Waals surface area (Å²) < 4.78 is 0. The van der Waals surface area contributed by atoms with Gasteiger partial charge < -0.3 is 10.1 Å². The van der Waals surface area contributed by atoms with Gasteiger partial charge in [-0.1, -0.05) is 0 Å². The third kappa shape index (κ3) is 1.99. The van der Waals surface area contributed by atoms with Gasteiger partial charge in [0.25, 0.3) is 0 Å². The third-order valence-corrected chi connectivity index (χ3v) is 1.58. The minimum atomic E-state index is -0.929. The molecule has 0 fully saturated rings. The van der Waals surface area contributed by atoms with E-state index in [1.807, 2.05) is 19.9 Å². The molecule has 0 atom stereocenters. The zero-order valence-electron chi connectivity index (χ0n) is 7.09. The minimum absolute atomic E-state index is 0.856. The number of aromatic amines is 1. The summed E-state index contributed by atoms with van der Waals surface area (Å²) in [6, 6.07) is 1.97. The smallest absolute Gasteiger partial charge is 0.328 e. The SMILES string of the molecule is Cc1cc(C)c(/C=C/C(=O)O)[nH]1. The number of hydrogen-bond donors (Lipinski definition) is 2. The highest BCUT2D eigenvalue weighted by atomic mass is 16.4. The van der Waals surface area contributed by atoms with Gasteiger partial charge in [-0.2, -0.15) is 0 Å². The predicted molar refractivity (Wildman–Crippen MR) is 46.9 cm³/mol. The van der Waals surface area contributed by atoms with Gasteiger partial charge in [0.05, 0.1) is 0 Å². The van der Waals surface area contributed by atoms with Gasteiger partial charge in [0.15, 0.2) is 0 Å². The summed E-state index contributed by atoms with van der Waals surface area (Å²) in [5, 5.41) is 8.37. The number of rotatable bonds is 2. The van der Waals surface area contributed by atoms with Gasteiger partial charge in [-0.05, 0) is 31.6 Å². The van der Waals surface area contributed by atoms with E-state index in [-0.39, 0.29) is 0 Å². The van der Waals surface area contributed by atoms with Crippen molar-refractivity contribution >= 4 is 12.0 Å². The molecule has 3 nitrogen and oxygen atoms in total. The highest BCUT2D eigenvalue weighted by Crippen LogP contribution is 2.09. The second-order valence-electron chi connectivity index (χ2n) is 2.72. The quantitative estimate of drug-likeness (QED) is 0.655. The van der Waals surface area contributed by atoms with Gasteiger partial charge in [0.1, 0.15) is 0 Å². The number of carbonyl (C=O) groups is 1. The zero-order valence-corrected chi connectivity index (χ0v) is 7.09. The lowest BCUT2D eigenvalue weighted by atomic mass is 10.2. The summed E-state index contributed by atoms with van der Waals surface area (Å²) in [6.45, 7) is 3.87. The largest absolute Gasteiger partial charge is 0.478 e. The van der Waals surface area contributed by atoms with Crippen molar-refractivity contribution in [3.63, 3.8) is 0 Å². The fraction of sp³-hybridized carbons (Fsp3) is 0.222. The van der Waals surface area contributed by atoms with Crippen LogP contribution in [0.5, 0.6) is 0 Å². The van der Waals surface area contributed by atoms with Crippen molar-refractivity contribution in [1.82, 2.24) is 4.98 Å². The average Bonchev–Trinajstić information content (AvgIpc) is 2.26. The Hall–Kier alpha value is -1.51. The second kappa shape index (κ2) is 3.26. The number of nitrogens with one attached hydrogen (secondary N) is 1. The molecule has 0 radical (unpaired) electrons. The molecule has 0 aromatic carbocycles. The third-order valence-electron chi connectivity index (χ3n) is 1.58. The molecule has 0 aliphatic carbocycles. The van der Waals surface area contributed by atoms with E-state index in [0.717, 1.165) is 23.0 Å². The first kappa shape index (κ1) is 8.59. The van der Waals surface area contributed by atoms with E-state index in [2.05, 4.69) is 4.98 Å². The van der Waals surface area contributed by atoms with Gasteiger partial charge in [0, 0.05) is 17.5 Å². The molecule has 1 rings (SSSR count). The van der Waals surface area contributed by atoms with Crippen LogP contribution in [-0.2, 0) is 4.79 Å². The minimum Gasteiger partial charge on any atom is -0.478 e. The fourth-order valence-electron chi connectivity index (χ4n) is 1.08. The van der Waals surface area contributed by atoms with E-state index in [0.29, 0.717) is 0 Å². The fourth-order valence-corrected chi connectivity index (χ4v) is 1.08. The maximum atomic E-state index is 10.2. The molecule has 1 heterocycles. The van der Waals surface area contributed by atoms with Gasteiger partial charge in [-0.25, -0.2) is 4.79 Å². The zero-order chi connectivity index (χ0) is 9.14. The number of carboxylic acid groups (broad SMARTS) is 1. The van der Waals surface area contributed by atoms with Crippen molar-refractivity contribution in [3.05, 3.63) is 29.1 Å². The second-order valence-corrected chi connectivity index (χ2v) is 2.72. The molecule has 1 aromatic rings. The van der Waals surface area contributed by atoms with E-state index in [1.54, 1.807) is 6.08 Å². The summed E-state index contributed by atoms with van der Waals surface area (Å²) in [7, 11) is 0. The molecule has 0 saturated heterocycles. The Morgan fingerprint density at radius 2 is 2.25 bits per heavy atom. The predicted octanol–water partition coefficient (Wildman–Crippen LogP) is 1.73. The summed E-state index contributed by atoms with van der Waals surface area (Å²) in [5.74, 6) is -0.929. The van der Waals surface area contributed by atoms with Crippen LogP contribution in [0.25, 0.3) is 6.08 Å². The number of aromatic nitrogens is 1. The van der Waals surface area contributed by atoms with Crippen molar-refractivity contribution < 1.29 is 9.90 Å². The molecule has 1 aromatic heterocycles. The molecule has 0 aliphatic rings. The summed E-state index contributed by atoms with van der Waals surface area (Å²) in [5.41, 5.74) is 2.96. The molecule has 64 valence electrons. The molecule has 2 N–H and O–H groups in total. The van der Waals surface area contributed by atoms with Crippen LogP contribution in [0, 0.1) is 13.8 Å². The standard InChI is InChI=1S/C9H11NO2/c1-6-5-7(2)10-8(6)3-4-9(11)12/h3-5,10H,1-2H3,(H,11,12)/b4-3+. The molecule has 3 heteroatoms. The first-order valence-electron chi connectivity index (χ1n) is 3.67. The van der Waals surface area contributed by atoms with Gasteiger partial charge in [-0.15, -0.1) is 0 Å². The first-order chi connectivity index (χ1) is 5.59. The number of hydrogen-bond acceptors (Lipinski definition) is 1. The lowest BCUT2D eigenvalue weighted by Gasteiger charge is -1.87. The molecule has 0 bridgehead atoms. The maximum absolute atomic E-state index is 10.2. The topological polar surface area (TPSA) is 53.1 Å². The molecule has 0 spiro atoms. The van der Waals surface area contributed by atoms with Crippen LogP contribution in [0.3, 0.4) is 0 Å². The summed E-state index contributed by atoms with van der Waals surface area (Å²) >= 11 is 0. The molecular weight excluding hydrogens is 154 g/mol. The van der Waals surface area contributed by atoms with Crippen LogP contribution in [0.1, 0.15) is 17.0 Å². The van der Waals surface area contributed by atoms with Crippen LogP contribution in [0.4, 0.5) is 0 Å². The van der Waals surface area contributed by atoms with E-state index in [4.69, 9.17) is 5.11 Å². The number of aliphatic carboxylic acids is 1. The van der Waals surface area contributed by atoms with Gasteiger partial charge in [-0.3, -0.25) is 0 Å². The lowest BCUT2D eigenvalue weighted by Crippen LogP contribution is -1.86. The number of carboxylic acids is 1. The van der Waals surface area contributed by atoms with Gasteiger partial charge in [0.2, 0.25) is 0 Å². The molecular formula is C9H11NO2. The highest BCUT2D eigenvalue weighted by molar-refractivity contribution is 5.85. The molecule has 0 amide bonds. The van der Waals surface area contributed by atoms with E-state index in [1.165, 1.54) is 0 Å². The van der Waals surface area contributed by atoms with Crippen LogP contribution in [-0.4, -0.2) is 16.1 Å².